The smallest absolute Gasteiger partial charge is 0.158 e. The Bertz CT molecular complexity index is 904. The number of aromatic nitrogens is 1. The third-order valence-electron chi connectivity index (χ3n) is 6.15. The van der Waals surface area contributed by atoms with Crippen molar-refractivity contribution in [3.05, 3.63) is 52.8 Å². The molecule has 2 saturated heterocycles. The Morgan fingerprint density at radius 2 is 2.00 bits per heavy atom. The van der Waals surface area contributed by atoms with Gasteiger partial charge in [0.05, 0.1) is 35.3 Å². The van der Waals surface area contributed by atoms with Crippen LogP contribution in [0.4, 0.5) is 5.69 Å². The molecule has 2 aromatic rings. The van der Waals surface area contributed by atoms with Gasteiger partial charge < -0.3 is 29.3 Å². The quantitative estimate of drug-likeness (QED) is 0.524. The van der Waals surface area contributed by atoms with E-state index in [1.165, 1.54) is 0 Å². The molecule has 0 spiro atoms. The minimum Gasteiger partial charge on any atom is -0.491 e. The lowest BCUT2D eigenvalue weighted by molar-refractivity contribution is -0.169. The topological polar surface area (TPSA) is 87.5 Å². The number of halogens is 1. The predicted molar refractivity (Wildman–Crippen MR) is 130 cm³/mol. The number of pyridine rings is 1. The lowest BCUT2D eigenvalue weighted by Crippen LogP contribution is -2.47. The van der Waals surface area contributed by atoms with Crippen LogP contribution < -0.4 is 9.64 Å². The Morgan fingerprint density at radius 1 is 1.15 bits per heavy atom. The highest BCUT2D eigenvalue weighted by Gasteiger charge is 2.22. The van der Waals surface area contributed by atoms with Crippen LogP contribution in [0.25, 0.3) is 0 Å². The maximum Gasteiger partial charge on any atom is 0.158 e. The number of hydrogen-bond acceptors (Lipinski definition) is 8. The third-order valence-corrected chi connectivity index (χ3v) is 6.45. The summed E-state index contributed by atoms with van der Waals surface area (Å²) in [5.74, 6) is 0.649. The molecule has 0 aliphatic carbocycles. The van der Waals surface area contributed by atoms with Crippen molar-refractivity contribution in [3.63, 3.8) is 0 Å². The molecule has 3 heterocycles. The molecular weight excluding hydrogens is 458 g/mol. The normalized spacial score (nSPS) is 20.3. The number of benzene rings is 1. The number of nitrogens with zero attached hydrogens (tertiary/aromatic N) is 3. The molecule has 0 bridgehead atoms. The molecule has 1 aromatic heterocycles. The third kappa shape index (κ3) is 7.04. The standard InChI is InChI=1S/C25H34ClN3O5/c26-21-16-20(32-15-13-30)7-8-23(21)29-11-9-28(10-12-29)17-24(31)22-5-3-4-19(27-22)18-34-25-6-1-2-14-33-25/h3-5,7-8,16,24-25,30-31H,1-2,6,9-15,17-18H2/t24-,25?/m1/s1. The van der Waals surface area contributed by atoms with E-state index in [9.17, 15) is 5.11 Å². The van der Waals surface area contributed by atoms with Gasteiger partial charge >= 0.3 is 0 Å². The van der Waals surface area contributed by atoms with Gasteiger partial charge in [0.2, 0.25) is 0 Å². The van der Waals surface area contributed by atoms with E-state index in [2.05, 4.69) is 14.8 Å². The van der Waals surface area contributed by atoms with Crippen LogP contribution in [0, 0.1) is 0 Å². The Balaban J connectivity index is 1.25. The van der Waals surface area contributed by atoms with Crippen molar-refractivity contribution in [1.29, 1.82) is 0 Å². The van der Waals surface area contributed by atoms with Crippen LogP contribution in [0.1, 0.15) is 36.8 Å². The highest BCUT2D eigenvalue weighted by molar-refractivity contribution is 6.33. The Hall–Kier alpha value is -1.94. The maximum atomic E-state index is 10.8. The second-order valence-corrected chi connectivity index (χ2v) is 9.06. The molecule has 186 valence electrons. The van der Waals surface area contributed by atoms with Crippen molar-refractivity contribution in [1.82, 2.24) is 9.88 Å². The van der Waals surface area contributed by atoms with Crippen LogP contribution in [0.15, 0.2) is 36.4 Å². The summed E-state index contributed by atoms with van der Waals surface area (Å²) in [7, 11) is 0. The average molecular weight is 492 g/mol. The van der Waals surface area contributed by atoms with Crippen LogP contribution in [0.3, 0.4) is 0 Å². The van der Waals surface area contributed by atoms with E-state index in [1.807, 2.05) is 30.3 Å². The van der Waals surface area contributed by atoms with E-state index in [4.69, 9.17) is 30.9 Å². The van der Waals surface area contributed by atoms with Gasteiger partial charge in [-0.3, -0.25) is 9.88 Å². The summed E-state index contributed by atoms with van der Waals surface area (Å²) in [4.78, 5) is 9.10. The fourth-order valence-corrected chi connectivity index (χ4v) is 4.58. The first-order chi connectivity index (χ1) is 16.6. The molecule has 2 atom stereocenters. The van der Waals surface area contributed by atoms with E-state index in [0.717, 1.165) is 63.4 Å². The summed E-state index contributed by atoms with van der Waals surface area (Å²) in [6.07, 6.45) is 2.32. The van der Waals surface area contributed by atoms with Gasteiger partial charge in [-0.25, -0.2) is 0 Å². The summed E-state index contributed by atoms with van der Waals surface area (Å²) < 4.78 is 16.9. The van der Waals surface area contributed by atoms with Gasteiger partial charge in [0.1, 0.15) is 18.5 Å². The molecule has 9 heteroatoms. The average Bonchev–Trinajstić information content (AvgIpc) is 2.88. The van der Waals surface area contributed by atoms with Crippen molar-refractivity contribution in [2.45, 2.75) is 38.3 Å². The number of piperazine rings is 1. The zero-order chi connectivity index (χ0) is 23.8. The first kappa shape index (κ1) is 25.2. The molecule has 0 amide bonds. The maximum absolute atomic E-state index is 10.8. The first-order valence-corrected chi connectivity index (χ1v) is 12.4. The number of aliphatic hydroxyl groups is 2. The Morgan fingerprint density at radius 3 is 2.74 bits per heavy atom. The monoisotopic (exact) mass is 491 g/mol. The van der Waals surface area contributed by atoms with Crippen molar-refractivity contribution >= 4 is 17.3 Å². The van der Waals surface area contributed by atoms with Gasteiger partial charge in [0, 0.05) is 45.4 Å². The van der Waals surface area contributed by atoms with Crippen molar-refractivity contribution in [2.24, 2.45) is 0 Å². The van der Waals surface area contributed by atoms with Crippen LogP contribution in [-0.4, -0.2) is 78.9 Å². The SMILES string of the molecule is OCCOc1ccc(N2CCN(C[C@@H](O)c3cccc(COC4CCCCO4)n3)CC2)c(Cl)c1. The van der Waals surface area contributed by atoms with E-state index < -0.39 is 6.10 Å². The molecule has 34 heavy (non-hydrogen) atoms. The molecule has 2 aliphatic heterocycles. The van der Waals surface area contributed by atoms with Crippen molar-refractivity contribution < 1.29 is 24.4 Å². The van der Waals surface area contributed by atoms with Crippen molar-refractivity contribution in [3.8, 4) is 5.75 Å². The minimum atomic E-state index is -0.663. The van der Waals surface area contributed by atoms with Crippen LogP contribution in [-0.2, 0) is 16.1 Å². The van der Waals surface area contributed by atoms with Crippen LogP contribution in [0.5, 0.6) is 5.75 Å². The summed E-state index contributed by atoms with van der Waals surface area (Å²) in [5, 5.41) is 20.3. The van der Waals surface area contributed by atoms with Gasteiger partial charge in [-0.15, -0.1) is 0 Å². The van der Waals surface area contributed by atoms with E-state index in [0.29, 0.717) is 29.6 Å². The van der Waals surface area contributed by atoms with Crippen molar-refractivity contribution in [2.75, 3.05) is 57.4 Å². The van der Waals surface area contributed by atoms with Crippen LogP contribution in [0.2, 0.25) is 5.02 Å². The zero-order valence-corrected chi connectivity index (χ0v) is 20.2. The number of β-amino-alcohol motifs (C(OH)–C–C–N with tert-alkyl or cyclic N) is 1. The second kappa shape index (κ2) is 12.7. The van der Waals surface area contributed by atoms with Gasteiger partial charge in [-0.2, -0.15) is 0 Å². The van der Waals surface area contributed by atoms with Gasteiger partial charge in [0.15, 0.2) is 6.29 Å². The van der Waals surface area contributed by atoms with E-state index in [1.54, 1.807) is 6.07 Å². The fraction of sp³-hybridized carbons (Fsp3) is 0.560. The molecule has 2 aliphatic rings. The molecule has 2 N–H and O–H groups in total. The first-order valence-electron chi connectivity index (χ1n) is 12.0. The summed E-state index contributed by atoms with van der Waals surface area (Å²) in [6.45, 7) is 5.13. The van der Waals surface area contributed by atoms with Gasteiger partial charge in [-0.1, -0.05) is 17.7 Å². The largest absolute Gasteiger partial charge is 0.491 e. The molecule has 4 rings (SSSR count). The number of hydrogen-bond donors (Lipinski definition) is 2. The van der Waals surface area contributed by atoms with Crippen LogP contribution >= 0.6 is 11.6 Å². The summed E-state index contributed by atoms with van der Waals surface area (Å²) >= 11 is 6.47. The van der Waals surface area contributed by atoms with Gasteiger partial charge in [0.25, 0.3) is 0 Å². The molecule has 8 nitrogen and oxygen atoms in total. The summed E-state index contributed by atoms with van der Waals surface area (Å²) in [6, 6.07) is 11.3. The van der Waals surface area contributed by atoms with E-state index >= 15 is 0 Å². The molecule has 0 saturated carbocycles. The molecule has 1 unspecified atom stereocenters. The lowest BCUT2D eigenvalue weighted by Gasteiger charge is -2.37. The fourth-order valence-electron chi connectivity index (χ4n) is 4.29. The molecule has 2 fully saturated rings. The highest BCUT2D eigenvalue weighted by Crippen LogP contribution is 2.31. The Kier molecular flexibility index (Phi) is 9.38. The number of anilines is 1. The predicted octanol–water partition coefficient (Wildman–Crippen LogP) is 3.00. The van der Waals surface area contributed by atoms with Gasteiger partial charge in [-0.05, 0) is 43.5 Å². The highest BCUT2D eigenvalue weighted by atomic mass is 35.5. The second-order valence-electron chi connectivity index (χ2n) is 8.65. The Labute approximate surface area is 206 Å². The lowest BCUT2D eigenvalue weighted by atomic mass is 10.1. The minimum absolute atomic E-state index is 0.0315. The van der Waals surface area contributed by atoms with E-state index in [-0.39, 0.29) is 19.5 Å². The number of aliphatic hydroxyl groups excluding tert-OH is 2. The zero-order valence-electron chi connectivity index (χ0n) is 19.4. The molecule has 0 radical (unpaired) electrons. The summed E-state index contributed by atoms with van der Waals surface area (Å²) in [5.41, 5.74) is 2.43. The number of rotatable bonds is 10. The molecular formula is C25H34ClN3O5. The molecule has 1 aromatic carbocycles. The number of ether oxygens (including phenoxy) is 3.